The van der Waals surface area contributed by atoms with E-state index in [-0.39, 0.29) is 57.5 Å². The molecule has 3 rings (SSSR count). The standard InChI is InChI=1S/2C18H24O4.C17H20Cl2O4/c1-5-18(3,4)17(20)22-13-12-21-16(19)11-10-15-8-6-14(2)7-9-15;1-5-18(3,4)17(20)22-12-11-21-16(19)10-9-15-8-6-7-14(2)13-15;1-4-17(2,3)16(21)23-10-9-22-15(20)8-5-12-11-13(18)6-7-14(12)19/h6-11H,5,12-13H2,1-4H3;6-10,13H,5,11-12H2,1-4H3;5-8,11H,4,9-10H2,1-3H3/b11-10+;10-9+;8-5+. The normalized spacial score (nSPS) is 11.5. The number of aryl methyl sites for hydroxylation is 2. The third kappa shape index (κ3) is 25.1. The van der Waals surface area contributed by atoms with Crippen LogP contribution in [0.2, 0.25) is 10.0 Å². The third-order valence-electron chi connectivity index (χ3n) is 10.3. The molecule has 0 aliphatic heterocycles. The highest BCUT2D eigenvalue weighted by molar-refractivity contribution is 6.34. The van der Waals surface area contributed by atoms with Crippen LogP contribution in [-0.2, 0) is 57.2 Å². The summed E-state index contributed by atoms with van der Waals surface area (Å²) in [6, 6.07) is 20.5. The van der Waals surface area contributed by atoms with Crippen molar-refractivity contribution in [1.82, 2.24) is 0 Å². The Morgan fingerprint density at radius 3 is 1.25 bits per heavy atom. The Morgan fingerprint density at radius 1 is 0.463 bits per heavy atom. The molecule has 0 bridgehead atoms. The van der Waals surface area contributed by atoms with Crippen molar-refractivity contribution in [3.8, 4) is 0 Å². The minimum atomic E-state index is -0.549. The number of halogens is 2. The van der Waals surface area contributed by atoms with E-state index < -0.39 is 34.2 Å². The van der Waals surface area contributed by atoms with Crippen LogP contribution in [0.25, 0.3) is 18.2 Å². The van der Waals surface area contributed by atoms with Crippen molar-refractivity contribution in [3.63, 3.8) is 0 Å². The van der Waals surface area contributed by atoms with E-state index in [1.54, 1.807) is 44.2 Å². The summed E-state index contributed by atoms with van der Waals surface area (Å²) in [5, 5.41) is 1.00. The first kappa shape index (κ1) is 59.3. The van der Waals surface area contributed by atoms with Gasteiger partial charge in [0, 0.05) is 28.3 Å². The van der Waals surface area contributed by atoms with Gasteiger partial charge in [0.1, 0.15) is 39.6 Å². The van der Waals surface area contributed by atoms with Crippen LogP contribution in [-0.4, -0.2) is 75.5 Å². The largest absolute Gasteiger partial charge is 0.462 e. The van der Waals surface area contributed by atoms with E-state index in [9.17, 15) is 28.8 Å². The molecule has 12 nitrogen and oxygen atoms in total. The first-order chi connectivity index (χ1) is 31.5. The summed E-state index contributed by atoms with van der Waals surface area (Å²) in [5.41, 5.74) is 3.23. The van der Waals surface area contributed by atoms with Crippen LogP contribution in [0, 0.1) is 30.1 Å². The molecule has 0 saturated carbocycles. The van der Waals surface area contributed by atoms with E-state index in [4.69, 9.17) is 51.6 Å². The van der Waals surface area contributed by atoms with Gasteiger partial charge < -0.3 is 28.4 Å². The first-order valence-electron chi connectivity index (χ1n) is 22.1. The Balaban J connectivity index is 0.000000503. The van der Waals surface area contributed by atoms with E-state index in [1.807, 2.05) is 111 Å². The Morgan fingerprint density at radius 2 is 0.851 bits per heavy atom. The van der Waals surface area contributed by atoms with Crippen molar-refractivity contribution in [2.45, 2.75) is 95.4 Å². The quantitative estimate of drug-likeness (QED) is 0.0431. The number of hydrogen-bond acceptors (Lipinski definition) is 12. The molecule has 0 atom stereocenters. The van der Waals surface area contributed by atoms with Gasteiger partial charge in [0.05, 0.1) is 16.2 Å². The Kier molecular flexibility index (Phi) is 27.0. The number of hydrogen-bond donors (Lipinski definition) is 0. The Bertz CT molecular complexity index is 2150. The molecular weight excluding hydrogens is 899 g/mol. The minimum absolute atomic E-state index is 0.00200. The molecule has 0 amide bonds. The predicted molar refractivity (Wildman–Crippen MR) is 264 cm³/mol. The fourth-order valence-corrected chi connectivity index (χ4v) is 4.93. The van der Waals surface area contributed by atoms with E-state index in [0.717, 1.165) is 22.3 Å². The summed E-state index contributed by atoms with van der Waals surface area (Å²) in [6.07, 6.45) is 11.0. The number of ether oxygens (including phenoxy) is 6. The Hall–Kier alpha value is -5.72. The zero-order valence-electron chi connectivity index (χ0n) is 40.8. The molecule has 0 aromatic heterocycles. The molecule has 0 radical (unpaired) electrons. The first-order valence-corrected chi connectivity index (χ1v) is 22.9. The fourth-order valence-electron chi connectivity index (χ4n) is 4.57. The molecule has 0 saturated heterocycles. The van der Waals surface area contributed by atoms with Gasteiger partial charge in [0.25, 0.3) is 0 Å². The van der Waals surface area contributed by atoms with Gasteiger partial charge in [0.2, 0.25) is 0 Å². The topological polar surface area (TPSA) is 158 Å². The van der Waals surface area contributed by atoms with Crippen molar-refractivity contribution < 1.29 is 57.2 Å². The fraction of sp³-hybridized carbons (Fsp3) is 0.434. The number of carbonyl (C=O) groups excluding carboxylic acids is 6. The predicted octanol–water partition coefficient (Wildman–Crippen LogP) is 11.6. The van der Waals surface area contributed by atoms with Crippen LogP contribution >= 0.6 is 23.2 Å². The van der Waals surface area contributed by atoms with Crippen LogP contribution in [0.4, 0.5) is 0 Å². The third-order valence-corrected chi connectivity index (χ3v) is 10.9. The molecule has 14 heteroatoms. The van der Waals surface area contributed by atoms with E-state index in [0.29, 0.717) is 34.9 Å². The summed E-state index contributed by atoms with van der Waals surface area (Å²) in [4.78, 5) is 69.8. The molecule has 0 unspecified atom stereocenters. The molecule has 0 spiro atoms. The summed E-state index contributed by atoms with van der Waals surface area (Å²) in [5.74, 6) is -2.31. The maximum Gasteiger partial charge on any atom is 0.330 e. The number of benzene rings is 3. The number of carbonyl (C=O) groups is 6. The second-order valence-electron chi connectivity index (χ2n) is 17.1. The van der Waals surface area contributed by atoms with Gasteiger partial charge in [-0.25, -0.2) is 14.4 Å². The minimum Gasteiger partial charge on any atom is -0.462 e. The average molecular weight is 968 g/mol. The van der Waals surface area contributed by atoms with Gasteiger partial charge in [-0.15, -0.1) is 0 Å². The SMILES string of the molecule is CCC(C)(C)C(=O)OCCOC(=O)/C=C/c1cc(Cl)ccc1Cl.CCC(C)(C)C(=O)OCCOC(=O)/C=C/c1ccc(C)cc1.CCC(C)(C)C(=O)OCCOC(=O)/C=C/c1cccc(C)c1. The van der Waals surface area contributed by atoms with Crippen LogP contribution in [0.3, 0.4) is 0 Å². The van der Waals surface area contributed by atoms with Gasteiger partial charge in [-0.1, -0.05) is 104 Å². The van der Waals surface area contributed by atoms with Crippen molar-refractivity contribution in [2.24, 2.45) is 16.2 Å². The van der Waals surface area contributed by atoms with Crippen LogP contribution in [0.15, 0.2) is 85.0 Å². The lowest BCUT2D eigenvalue weighted by molar-refractivity contribution is -0.158. The van der Waals surface area contributed by atoms with Crippen molar-refractivity contribution in [2.75, 3.05) is 39.6 Å². The lowest BCUT2D eigenvalue weighted by Gasteiger charge is -2.20. The molecule has 0 fully saturated rings. The van der Waals surface area contributed by atoms with Gasteiger partial charge in [0.15, 0.2) is 0 Å². The van der Waals surface area contributed by atoms with Gasteiger partial charge in [-0.3, -0.25) is 14.4 Å². The molecular formula is C53H68Cl2O12. The Labute approximate surface area is 407 Å². The van der Waals surface area contributed by atoms with Gasteiger partial charge >= 0.3 is 35.8 Å². The van der Waals surface area contributed by atoms with Gasteiger partial charge in [-0.2, -0.15) is 0 Å². The molecule has 366 valence electrons. The molecule has 0 heterocycles. The highest BCUT2D eigenvalue weighted by Gasteiger charge is 2.28. The highest BCUT2D eigenvalue weighted by atomic mass is 35.5. The monoisotopic (exact) mass is 966 g/mol. The summed E-state index contributed by atoms with van der Waals surface area (Å²) in [6.45, 7) is 21.0. The summed E-state index contributed by atoms with van der Waals surface area (Å²) in [7, 11) is 0. The molecule has 0 aliphatic carbocycles. The van der Waals surface area contributed by atoms with Crippen molar-refractivity contribution in [1.29, 1.82) is 0 Å². The van der Waals surface area contributed by atoms with Crippen LogP contribution in [0.1, 0.15) is 109 Å². The zero-order valence-corrected chi connectivity index (χ0v) is 42.3. The molecule has 67 heavy (non-hydrogen) atoms. The molecule has 0 aliphatic rings. The maximum absolute atomic E-state index is 11.7. The van der Waals surface area contributed by atoms with Gasteiger partial charge in [-0.05, 0) is 128 Å². The average Bonchev–Trinajstić information content (AvgIpc) is 3.30. The second-order valence-corrected chi connectivity index (χ2v) is 18.0. The van der Waals surface area contributed by atoms with E-state index in [1.165, 1.54) is 24.3 Å². The molecule has 0 N–H and O–H groups in total. The smallest absolute Gasteiger partial charge is 0.330 e. The molecule has 3 aromatic carbocycles. The lowest BCUT2D eigenvalue weighted by atomic mass is 9.91. The van der Waals surface area contributed by atoms with E-state index >= 15 is 0 Å². The van der Waals surface area contributed by atoms with Crippen LogP contribution < -0.4 is 0 Å². The zero-order chi connectivity index (χ0) is 50.6. The second kappa shape index (κ2) is 30.5. The van der Waals surface area contributed by atoms with Crippen molar-refractivity contribution in [3.05, 3.63) is 123 Å². The van der Waals surface area contributed by atoms with Crippen LogP contribution in [0.5, 0.6) is 0 Å². The highest BCUT2D eigenvalue weighted by Crippen LogP contribution is 2.24. The van der Waals surface area contributed by atoms with Crippen molar-refractivity contribution >= 4 is 77.2 Å². The summed E-state index contributed by atoms with van der Waals surface area (Å²) >= 11 is 11.8. The summed E-state index contributed by atoms with van der Waals surface area (Å²) < 4.78 is 30.2. The number of esters is 6. The maximum atomic E-state index is 11.7. The molecule has 3 aromatic rings. The lowest BCUT2D eigenvalue weighted by Crippen LogP contribution is -2.27. The van der Waals surface area contributed by atoms with E-state index in [2.05, 4.69) is 0 Å². The number of rotatable bonds is 21.